The molecule has 0 saturated carbocycles. The summed E-state index contributed by atoms with van der Waals surface area (Å²) in [6, 6.07) is 0. The zero-order valence-electron chi connectivity index (χ0n) is 12.5. The third kappa shape index (κ3) is 4.86. The summed E-state index contributed by atoms with van der Waals surface area (Å²) in [6.45, 7) is 12.4. The van der Waals surface area contributed by atoms with E-state index >= 15 is 0 Å². The predicted molar refractivity (Wildman–Crippen MR) is 82.3 cm³/mol. The standard InChI is InChI=1S/C15H27N3S/c1-4-5-16-7-15-17-14(11-19-15)10-18-8-12(2)6-13(3)9-18/h11-13,16H,4-10H2,1-3H3. The van der Waals surface area contributed by atoms with Gasteiger partial charge in [0.05, 0.1) is 5.69 Å². The summed E-state index contributed by atoms with van der Waals surface area (Å²) in [5, 5.41) is 6.87. The van der Waals surface area contributed by atoms with Gasteiger partial charge >= 0.3 is 0 Å². The molecule has 1 aromatic heterocycles. The number of nitrogens with one attached hydrogen (secondary N) is 1. The highest BCUT2D eigenvalue weighted by Gasteiger charge is 2.22. The third-order valence-corrected chi connectivity index (χ3v) is 4.53. The van der Waals surface area contributed by atoms with Crippen LogP contribution in [-0.2, 0) is 13.1 Å². The Hall–Kier alpha value is -0.450. The Morgan fingerprint density at radius 2 is 2.11 bits per heavy atom. The van der Waals surface area contributed by atoms with Crippen LogP contribution in [-0.4, -0.2) is 29.5 Å². The van der Waals surface area contributed by atoms with Gasteiger partial charge in [-0.15, -0.1) is 11.3 Å². The molecule has 0 spiro atoms. The molecule has 1 N–H and O–H groups in total. The smallest absolute Gasteiger partial charge is 0.107 e. The first kappa shape index (κ1) is 14.9. The zero-order chi connectivity index (χ0) is 13.7. The van der Waals surface area contributed by atoms with E-state index in [1.54, 1.807) is 11.3 Å². The van der Waals surface area contributed by atoms with E-state index in [0.29, 0.717) is 0 Å². The van der Waals surface area contributed by atoms with Crippen LogP contribution >= 0.6 is 11.3 Å². The van der Waals surface area contributed by atoms with Crippen molar-refractivity contribution in [1.29, 1.82) is 0 Å². The highest BCUT2D eigenvalue weighted by Crippen LogP contribution is 2.22. The molecule has 1 aliphatic heterocycles. The van der Waals surface area contributed by atoms with Gasteiger partial charge in [-0.05, 0) is 31.2 Å². The molecule has 0 amide bonds. The molecular weight excluding hydrogens is 254 g/mol. The minimum absolute atomic E-state index is 0.827. The first-order valence-electron chi connectivity index (χ1n) is 7.53. The fraction of sp³-hybridized carbons (Fsp3) is 0.800. The van der Waals surface area contributed by atoms with Crippen molar-refractivity contribution in [2.24, 2.45) is 11.8 Å². The van der Waals surface area contributed by atoms with Gasteiger partial charge in [-0.25, -0.2) is 4.98 Å². The van der Waals surface area contributed by atoms with E-state index < -0.39 is 0 Å². The van der Waals surface area contributed by atoms with Crippen molar-refractivity contribution in [1.82, 2.24) is 15.2 Å². The third-order valence-electron chi connectivity index (χ3n) is 3.63. The van der Waals surface area contributed by atoms with Crippen LogP contribution < -0.4 is 5.32 Å². The van der Waals surface area contributed by atoms with Crippen LogP contribution in [0, 0.1) is 11.8 Å². The Labute approximate surface area is 121 Å². The highest BCUT2D eigenvalue weighted by molar-refractivity contribution is 7.09. The molecule has 2 unspecified atom stereocenters. The van der Waals surface area contributed by atoms with E-state index in [-0.39, 0.29) is 0 Å². The van der Waals surface area contributed by atoms with E-state index in [2.05, 4.69) is 36.4 Å². The number of nitrogens with zero attached hydrogens (tertiary/aromatic N) is 2. The molecule has 0 radical (unpaired) electrons. The van der Waals surface area contributed by atoms with Gasteiger partial charge in [-0.3, -0.25) is 4.90 Å². The lowest BCUT2D eigenvalue weighted by molar-refractivity contribution is 0.133. The van der Waals surface area contributed by atoms with Gasteiger partial charge in [0.25, 0.3) is 0 Å². The highest BCUT2D eigenvalue weighted by atomic mass is 32.1. The Bertz CT molecular complexity index is 367. The lowest BCUT2D eigenvalue weighted by Gasteiger charge is -2.34. The molecule has 108 valence electrons. The van der Waals surface area contributed by atoms with E-state index in [9.17, 15) is 0 Å². The van der Waals surface area contributed by atoms with Gasteiger partial charge in [-0.1, -0.05) is 20.8 Å². The summed E-state index contributed by atoms with van der Waals surface area (Å²) in [5.74, 6) is 1.65. The second-order valence-corrected chi connectivity index (χ2v) is 6.99. The van der Waals surface area contributed by atoms with Crippen LogP contribution in [0.5, 0.6) is 0 Å². The van der Waals surface area contributed by atoms with Crippen LogP contribution in [0.1, 0.15) is 44.3 Å². The average molecular weight is 281 g/mol. The fourth-order valence-corrected chi connectivity index (χ4v) is 3.78. The van der Waals surface area contributed by atoms with Crippen molar-refractivity contribution in [3.63, 3.8) is 0 Å². The van der Waals surface area contributed by atoms with Gasteiger partial charge in [0, 0.05) is 31.6 Å². The summed E-state index contributed by atoms with van der Waals surface area (Å²) in [4.78, 5) is 7.31. The normalized spacial score (nSPS) is 24.8. The van der Waals surface area contributed by atoms with Crippen molar-refractivity contribution in [2.45, 2.75) is 46.7 Å². The van der Waals surface area contributed by atoms with E-state index in [4.69, 9.17) is 4.98 Å². The Kier molecular flexibility index (Phi) is 5.79. The topological polar surface area (TPSA) is 28.2 Å². The van der Waals surface area contributed by atoms with Crippen LogP contribution in [0.4, 0.5) is 0 Å². The van der Waals surface area contributed by atoms with Gasteiger partial charge in [0.1, 0.15) is 5.01 Å². The average Bonchev–Trinajstić information content (AvgIpc) is 2.76. The number of thiazole rings is 1. The summed E-state index contributed by atoms with van der Waals surface area (Å²) in [5.41, 5.74) is 1.25. The number of aromatic nitrogens is 1. The van der Waals surface area contributed by atoms with Crippen molar-refractivity contribution >= 4 is 11.3 Å². The van der Waals surface area contributed by atoms with Crippen molar-refractivity contribution in [3.8, 4) is 0 Å². The monoisotopic (exact) mass is 281 g/mol. The molecule has 0 aromatic carbocycles. The molecule has 2 heterocycles. The molecule has 3 nitrogen and oxygen atoms in total. The minimum Gasteiger partial charge on any atom is -0.310 e. The minimum atomic E-state index is 0.827. The number of hydrogen-bond acceptors (Lipinski definition) is 4. The maximum absolute atomic E-state index is 4.74. The van der Waals surface area contributed by atoms with Gasteiger partial charge in [-0.2, -0.15) is 0 Å². The molecule has 19 heavy (non-hydrogen) atoms. The van der Waals surface area contributed by atoms with Crippen LogP contribution in [0.15, 0.2) is 5.38 Å². The number of piperidine rings is 1. The van der Waals surface area contributed by atoms with Crippen LogP contribution in [0.2, 0.25) is 0 Å². The molecule has 4 heteroatoms. The van der Waals surface area contributed by atoms with Crippen LogP contribution in [0.25, 0.3) is 0 Å². The van der Waals surface area contributed by atoms with Crippen molar-refractivity contribution < 1.29 is 0 Å². The van der Waals surface area contributed by atoms with Gasteiger partial charge in [0.15, 0.2) is 0 Å². The first-order chi connectivity index (χ1) is 9.17. The van der Waals surface area contributed by atoms with Crippen molar-refractivity contribution in [2.75, 3.05) is 19.6 Å². The number of hydrogen-bond donors (Lipinski definition) is 1. The Balaban J connectivity index is 1.82. The summed E-state index contributed by atoms with van der Waals surface area (Å²) in [6.07, 6.45) is 2.56. The lowest BCUT2D eigenvalue weighted by atomic mass is 9.92. The largest absolute Gasteiger partial charge is 0.310 e. The SMILES string of the molecule is CCCNCc1nc(CN2CC(C)CC(C)C2)cs1. The maximum Gasteiger partial charge on any atom is 0.107 e. The quantitative estimate of drug-likeness (QED) is 0.812. The molecule has 1 aromatic rings. The summed E-state index contributed by atoms with van der Waals surface area (Å²) in [7, 11) is 0. The second-order valence-electron chi connectivity index (χ2n) is 6.05. The Morgan fingerprint density at radius 3 is 2.79 bits per heavy atom. The summed E-state index contributed by atoms with van der Waals surface area (Å²) >= 11 is 1.79. The Morgan fingerprint density at radius 1 is 1.37 bits per heavy atom. The molecule has 2 atom stereocenters. The van der Waals surface area contributed by atoms with Crippen molar-refractivity contribution in [3.05, 3.63) is 16.1 Å². The fourth-order valence-electron chi connectivity index (χ4n) is 3.03. The van der Waals surface area contributed by atoms with Crippen LogP contribution in [0.3, 0.4) is 0 Å². The summed E-state index contributed by atoms with van der Waals surface area (Å²) < 4.78 is 0. The molecule has 0 aliphatic carbocycles. The zero-order valence-corrected chi connectivity index (χ0v) is 13.3. The molecule has 2 rings (SSSR count). The van der Waals surface area contributed by atoms with Gasteiger partial charge in [0.2, 0.25) is 0 Å². The molecule has 1 aliphatic rings. The molecular formula is C15H27N3S. The lowest BCUT2D eigenvalue weighted by Crippen LogP contribution is -2.38. The molecule has 1 fully saturated rings. The first-order valence-corrected chi connectivity index (χ1v) is 8.41. The second kappa shape index (κ2) is 7.36. The molecule has 1 saturated heterocycles. The van der Waals surface area contributed by atoms with Gasteiger partial charge < -0.3 is 5.32 Å². The molecule has 0 bridgehead atoms. The number of likely N-dealkylation sites (tertiary alicyclic amines) is 1. The van der Waals surface area contributed by atoms with E-state index in [1.165, 1.54) is 36.6 Å². The van der Waals surface area contributed by atoms with E-state index in [0.717, 1.165) is 31.5 Å². The number of rotatable bonds is 6. The maximum atomic E-state index is 4.74. The predicted octanol–water partition coefficient (Wildman–Crippen LogP) is 3.12. The van der Waals surface area contributed by atoms with E-state index in [1.807, 2.05) is 0 Å².